The van der Waals surface area contributed by atoms with Crippen molar-refractivity contribution in [2.45, 2.75) is 31.7 Å². The van der Waals surface area contributed by atoms with Gasteiger partial charge in [0.15, 0.2) is 6.61 Å². The Balaban J connectivity index is 1.79. The van der Waals surface area contributed by atoms with Crippen LogP contribution in [0.2, 0.25) is 0 Å². The van der Waals surface area contributed by atoms with Crippen LogP contribution in [0.5, 0.6) is 5.75 Å². The van der Waals surface area contributed by atoms with Crippen LogP contribution in [-0.2, 0) is 16.0 Å². The maximum atomic E-state index is 11.6. The minimum Gasteiger partial charge on any atom is -0.484 e. The predicted octanol–water partition coefficient (Wildman–Crippen LogP) is 1.55. The van der Waals surface area contributed by atoms with E-state index >= 15 is 0 Å². The molecule has 21 heavy (non-hydrogen) atoms. The van der Waals surface area contributed by atoms with Gasteiger partial charge < -0.3 is 20.5 Å². The van der Waals surface area contributed by atoms with Crippen LogP contribution in [0.1, 0.15) is 36.4 Å². The fourth-order valence-corrected chi connectivity index (χ4v) is 2.56. The molecular weight excluding hydrogens is 268 g/mol. The minimum atomic E-state index is -0.111. The second kappa shape index (κ2) is 8.00. The Kier molecular flexibility index (Phi) is 6.02. The predicted molar refractivity (Wildman–Crippen MR) is 81.3 cm³/mol. The SMILES string of the molecule is COCCCNC(=O)COc1ccc2c(c1)CCCC2N. The topological polar surface area (TPSA) is 73.6 Å². The Morgan fingerprint density at radius 1 is 1.48 bits per heavy atom. The Morgan fingerprint density at radius 3 is 3.14 bits per heavy atom. The number of ether oxygens (including phenoxy) is 2. The third-order valence-electron chi connectivity index (χ3n) is 3.69. The molecule has 1 aliphatic carbocycles. The number of nitrogens with two attached hydrogens (primary N) is 1. The molecule has 0 aromatic heterocycles. The number of benzene rings is 1. The standard InChI is InChI=1S/C16H24N2O3/c1-20-9-3-8-18-16(19)11-21-13-6-7-14-12(10-13)4-2-5-15(14)17/h6-7,10,15H,2-5,8-9,11,17H2,1H3,(H,18,19). The molecule has 0 saturated carbocycles. The van der Waals surface area contributed by atoms with Crippen LogP contribution >= 0.6 is 0 Å². The van der Waals surface area contributed by atoms with Gasteiger partial charge in [-0.2, -0.15) is 0 Å². The van der Waals surface area contributed by atoms with Crippen LogP contribution in [0, 0.1) is 0 Å². The van der Waals surface area contributed by atoms with Gasteiger partial charge in [-0.15, -0.1) is 0 Å². The molecule has 3 N–H and O–H groups in total. The molecule has 1 aromatic carbocycles. The summed E-state index contributed by atoms with van der Waals surface area (Å²) in [4.78, 5) is 11.6. The number of fused-ring (bicyclic) bond motifs is 1. The number of aryl methyl sites for hydroxylation is 1. The molecule has 1 amide bonds. The van der Waals surface area contributed by atoms with Crippen LogP contribution in [0.4, 0.5) is 0 Å². The lowest BCUT2D eigenvalue weighted by molar-refractivity contribution is -0.123. The molecule has 1 atom stereocenters. The van der Waals surface area contributed by atoms with Crippen molar-refractivity contribution in [3.63, 3.8) is 0 Å². The second-order valence-corrected chi connectivity index (χ2v) is 5.34. The fraction of sp³-hybridized carbons (Fsp3) is 0.562. The maximum Gasteiger partial charge on any atom is 0.257 e. The van der Waals surface area contributed by atoms with Gasteiger partial charge in [0.1, 0.15) is 5.75 Å². The number of rotatable bonds is 7. The largest absolute Gasteiger partial charge is 0.484 e. The molecule has 0 fully saturated rings. The zero-order valence-electron chi connectivity index (χ0n) is 12.6. The van der Waals surface area contributed by atoms with E-state index in [2.05, 4.69) is 5.32 Å². The Labute approximate surface area is 125 Å². The van der Waals surface area contributed by atoms with E-state index < -0.39 is 0 Å². The van der Waals surface area contributed by atoms with Gasteiger partial charge in [0.05, 0.1) is 0 Å². The number of amides is 1. The summed E-state index contributed by atoms with van der Waals surface area (Å²) in [6.45, 7) is 1.29. The van der Waals surface area contributed by atoms with Crippen LogP contribution in [0.3, 0.4) is 0 Å². The van der Waals surface area contributed by atoms with Crippen LogP contribution in [-0.4, -0.2) is 32.8 Å². The van der Waals surface area contributed by atoms with Gasteiger partial charge >= 0.3 is 0 Å². The highest BCUT2D eigenvalue weighted by Crippen LogP contribution is 2.30. The van der Waals surface area contributed by atoms with Crippen LogP contribution in [0.15, 0.2) is 18.2 Å². The lowest BCUT2D eigenvalue weighted by atomic mass is 9.88. The summed E-state index contributed by atoms with van der Waals surface area (Å²) < 4.78 is 10.5. The summed E-state index contributed by atoms with van der Waals surface area (Å²) in [5.41, 5.74) is 8.53. The summed E-state index contributed by atoms with van der Waals surface area (Å²) in [5, 5.41) is 2.79. The molecule has 1 aliphatic rings. The first kappa shape index (κ1) is 15.8. The monoisotopic (exact) mass is 292 g/mol. The van der Waals surface area contributed by atoms with Crippen molar-refractivity contribution in [2.75, 3.05) is 26.9 Å². The molecule has 116 valence electrons. The van der Waals surface area contributed by atoms with Crippen molar-refractivity contribution >= 4 is 5.91 Å². The van der Waals surface area contributed by atoms with Gasteiger partial charge in [0.25, 0.3) is 5.91 Å². The number of hydrogen-bond acceptors (Lipinski definition) is 4. The summed E-state index contributed by atoms with van der Waals surface area (Å²) in [7, 11) is 1.65. The first-order valence-electron chi connectivity index (χ1n) is 7.47. The van der Waals surface area contributed by atoms with Crippen molar-refractivity contribution in [2.24, 2.45) is 5.73 Å². The van der Waals surface area contributed by atoms with Gasteiger partial charge in [0.2, 0.25) is 0 Å². The van der Waals surface area contributed by atoms with Crippen molar-refractivity contribution in [3.8, 4) is 5.75 Å². The molecule has 0 bridgehead atoms. The van der Waals surface area contributed by atoms with Crippen LogP contribution < -0.4 is 15.8 Å². The third kappa shape index (κ3) is 4.72. The first-order chi connectivity index (χ1) is 10.2. The molecule has 1 aromatic rings. The van der Waals surface area contributed by atoms with E-state index in [0.29, 0.717) is 13.2 Å². The van der Waals surface area contributed by atoms with Crippen molar-refractivity contribution in [1.82, 2.24) is 5.32 Å². The number of hydrogen-bond donors (Lipinski definition) is 2. The highest BCUT2D eigenvalue weighted by atomic mass is 16.5. The zero-order valence-corrected chi connectivity index (χ0v) is 12.6. The highest BCUT2D eigenvalue weighted by Gasteiger charge is 2.17. The van der Waals surface area contributed by atoms with Crippen molar-refractivity contribution < 1.29 is 14.3 Å². The summed E-state index contributed by atoms with van der Waals surface area (Å²) >= 11 is 0. The zero-order chi connectivity index (χ0) is 15.1. The second-order valence-electron chi connectivity index (χ2n) is 5.34. The molecular formula is C16H24N2O3. The van der Waals surface area contributed by atoms with E-state index in [4.69, 9.17) is 15.2 Å². The summed E-state index contributed by atoms with van der Waals surface area (Å²) in [6.07, 6.45) is 3.98. The maximum absolute atomic E-state index is 11.6. The molecule has 2 rings (SSSR count). The summed E-state index contributed by atoms with van der Waals surface area (Å²) in [6, 6.07) is 6.05. The Hall–Kier alpha value is -1.59. The number of methoxy groups -OCH3 is 1. The van der Waals surface area contributed by atoms with Crippen molar-refractivity contribution in [1.29, 1.82) is 0 Å². The molecule has 1 unspecified atom stereocenters. The summed E-state index contributed by atoms with van der Waals surface area (Å²) in [5.74, 6) is 0.621. The average Bonchev–Trinajstić information content (AvgIpc) is 2.50. The fourth-order valence-electron chi connectivity index (χ4n) is 2.56. The molecule has 0 aliphatic heterocycles. The van der Waals surface area contributed by atoms with Gasteiger partial charge in [-0.3, -0.25) is 4.79 Å². The number of carbonyl (C=O) groups excluding carboxylic acids is 1. The van der Waals surface area contributed by atoms with Gasteiger partial charge in [-0.1, -0.05) is 6.07 Å². The van der Waals surface area contributed by atoms with E-state index in [1.165, 1.54) is 11.1 Å². The first-order valence-corrected chi connectivity index (χ1v) is 7.47. The third-order valence-corrected chi connectivity index (χ3v) is 3.69. The molecule has 5 nitrogen and oxygen atoms in total. The van der Waals surface area contributed by atoms with Gasteiger partial charge in [0, 0.05) is 26.3 Å². The molecule has 0 saturated heterocycles. The average molecular weight is 292 g/mol. The molecule has 0 heterocycles. The quantitative estimate of drug-likeness (QED) is 0.748. The van der Waals surface area contributed by atoms with E-state index in [1.54, 1.807) is 7.11 Å². The van der Waals surface area contributed by atoms with Crippen molar-refractivity contribution in [3.05, 3.63) is 29.3 Å². The van der Waals surface area contributed by atoms with E-state index in [9.17, 15) is 4.79 Å². The van der Waals surface area contributed by atoms with E-state index in [0.717, 1.165) is 31.4 Å². The molecule has 0 radical (unpaired) electrons. The van der Waals surface area contributed by atoms with Gasteiger partial charge in [-0.05, 0) is 48.9 Å². The Morgan fingerprint density at radius 2 is 2.33 bits per heavy atom. The molecule has 0 spiro atoms. The minimum absolute atomic E-state index is 0.0395. The normalized spacial score (nSPS) is 17.1. The number of nitrogens with one attached hydrogen (secondary N) is 1. The number of carbonyl (C=O) groups is 1. The molecule has 5 heteroatoms. The smallest absolute Gasteiger partial charge is 0.257 e. The lowest BCUT2D eigenvalue weighted by Crippen LogP contribution is -2.30. The lowest BCUT2D eigenvalue weighted by Gasteiger charge is -2.22. The Bertz CT molecular complexity index is 477. The van der Waals surface area contributed by atoms with Gasteiger partial charge in [-0.25, -0.2) is 0 Å². The van der Waals surface area contributed by atoms with Crippen LogP contribution in [0.25, 0.3) is 0 Å². The van der Waals surface area contributed by atoms with E-state index in [1.807, 2.05) is 18.2 Å². The van der Waals surface area contributed by atoms with E-state index in [-0.39, 0.29) is 18.6 Å². The highest BCUT2D eigenvalue weighted by molar-refractivity contribution is 5.77.